The molecule has 68 heavy (non-hydrogen) atoms. The van der Waals surface area contributed by atoms with Crippen molar-refractivity contribution in [3.63, 3.8) is 0 Å². The molecule has 332 valence electrons. The molecule has 0 amide bonds. The van der Waals surface area contributed by atoms with Gasteiger partial charge in [0, 0.05) is 75.7 Å². The summed E-state index contributed by atoms with van der Waals surface area (Å²) >= 11 is 1.91. The average molecular weight is 899 g/mol. The molecule has 1 aliphatic heterocycles. The summed E-state index contributed by atoms with van der Waals surface area (Å²) in [7, 11) is 0.826. The van der Waals surface area contributed by atoms with E-state index >= 15 is 0 Å². The highest BCUT2D eigenvalue weighted by Crippen LogP contribution is 2.52. The Hall–Kier alpha value is -6.56. The molecule has 11 aromatic rings. The van der Waals surface area contributed by atoms with E-state index in [2.05, 4.69) is 206 Å². The minimum Gasteiger partial charge on any atom is -0.456 e. The van der Waals surface area contributed by atoms with Crippen LogP contribution in [0.15, 0.2) is 138 Å². The van der Waals surface area contributed by atoms with Crippen molar-refractivity contribution < 1.29 is 4.42 Å². The molecule has 0 fully saturated rings. The van der Waals surface area contributed by atoms with Crippen LogP contribution in [0.4, 0.5) is 11.4 Å². The second-order valence-corrected chi connectivity index (χ2v) is 24.4. The topological polar surface area (TPSA) is 30.1 Å². The summed E-state index contributed by atoms with van der Waals surface area (Å²) in [5, 5.41) is 11.6. The highest BCUT2D eigenvalue weighted by Gasteiger charge is 2.40. The van der Waals surface area contributed by atoms with E-state index in [1.165, 1.54) is 126 Å². The normalized spacial score (nSPS) is 16.4. The number of benzene rings is 8. The third-order valence-corrected chi connectivity index (χ3v) is 18.0. The summed E-state index contributed by atoms with van der Waals surface area (Å²) in [4.78, 5) is 0. The van der Waals surface area contributed by atoms with Gasteiger partial charge in [0.15, 0.2) is 7.28 Å². The van der Waals surface area contributed by atoms with E-state index in [-0.39, 0.29) is 21.7 Å². The Morgan fingerprint density at radius 3 is 2.07 bits per heavy atom. The Morgan fingerprint density at radius 1 is 0.559 bits per heavy atom. The SMILES string of the molecule is CC(C)(C)c1ccc(Nc2cc3oc4cc5c(cc4c3cc2-c2ccc3c4cc6sc7ccccc7c6cc4n4c3c2Bc2cc3c(cc2-4)C(C)(C)c2ccccc2-3)C(C)(C)CCC5(C)C)cc1. The highest BCUT2D eigenvalue weighted by atomic mass is 32.1. The number of nitrogens with zero attached hydrogens (tertiary/aromatic N) is 1. The number of hydrogen-bond acceptors (Lipinski definition) is 3. The Bertz CT molecular complexity index is 4030. The van der Waals surface area contributed by atoms with Gasteiger partial charge >= 0.3 is 0 Å². The first-order valence-electron chi connectivity index (χ1n) is 24.7. The van der Waals surface area contributed by atoms with Gasteiger partial charge in [-0.25, -0.2) is 0 Å². The van der Waals surface area contributed by atoms with E-state index in [9.17, 15) is 0 Å². The fraction of sp³-hybridized carbons (Fsp3) is 0.238. The van der Waals surface area contributed by atoms with E-state index in [1.807, 2.05) is 11.3 Å². The van der Waals surface area contributed by atoms with Crippen LogP contribution in [0.2, 0.25) is 0 Å². The third-order valence-electron chi connectivity index (χ3n) is 16.8. The first kappa shape index (κ1) is 40.5. The number of fused-ring (bicyclic) bond motifs is 15. The van der Waals surface area contributed by atoms with Gasteiger partial charge in [-0.1, -0.05) is 141 Å². The summed E-state index contributed by atoms with van der Waals surface area (Å²) < 4.78 is 12.3. The Balaban J connectivity index is 1.06. The van der Waals surface area contributed by atoms with Crippen LogP contribution in [0.1, 0.15) is 103 Å². The molecule has 14 rings (SSSR count). The lowest BCUT2D eigenvalue weighted by Gasteiger charge is -2.41. The number of rotatable bonds is 3. The van der Waals surface area contributed by atoms with Gasteiger partial charge in [-0.05, 0) is 134 Å². The van der Waals surface area contributed by atoms with Gasteiger partial charge in [-0.15, -0.1) is 11.3 Å². The van der Waals surface area contributed by atoms with Crippen molar-refractivity contribution in [3.8, 4) is 27.9 Å². The summed E-state index contributed by atoms with van der Waals surface area (Å²) in [5.74, 6) is 0. The molecule has 0 atom stereocenters. The van der Waals surface area contributed by atoms with Gasteiger partial charge in [0.05, 0.1) is 11.2 Å². The van der Waals surface area contributed by atoms with Crippen molar-refractivity contribution in [1.29, 1.82) is 0 Å². The van der Waals surface area contributed by atoms with Crippen LogP contribution < -0.4 is 16.2 Å². The maximum absolute atomic E-state index is 6.96. The molecule has 8 aromatic carbocycles. The van der Waals surface area contributed by atoms with E-state index in [4.69, 9.17) is 4.42 Å². The molecule has 3 nitrogen and oxygen atoms in total. The van der Waals surface area contributed by atoms with Crippen molar-refractivity contribution in [3.05, 3.63) is 161 Å². The predicted octanol–water partition coefficient (Wildman–Crippen LogP) is 16.1. The molecule has 0 saturated carbocycles. The standard InChI is InChI=1S/C63H55BN2OS/c1-60(2,3)34-18-20-35(21-19-34)65-51-33-55-43(44-27-48-49(32-54(44)67-55)62(6,7)25-24-61(48,4)5)26-41(51)38-22-23-39-42-30-57-45(37-15-11-13-17-56(37)68-57)29-52(42)66-53-31-47-40(28-50(53)64-58(38)59(39)66)36-14-10-12-16-46(36)63(47,8)9/h10-23,26-33,64-65H,24-25H2,1-9H3. The van der Waals surface area contributed by atoms with Crippen molar-refractivity contribution in [1.82, 2.24) is 4.57 Å². The molecule has 0 bridgehead atoms. The molecule has 1 N–H and O–H groups in total. The van der Waals surface area contributed by atoms with Crippen LogP contribution in [0.25, 0.3) is 91.9 Å². The third kappa shape index (κ3) is 5.54. The van der Waals surface area contributed by atoms with Crippen molar-refractivity contribution >= 4 is 105 Å². The molecule has 5 heteroatoms. The van der Waals surface area contributed by atoms with E-state index in [1.54, 1.807) is 0 Å². The van der Waals surface area contributed by atoms with Gasteiger partial charge < -0.3 is 14.3 Å². The number of nitrogens with one attached hydrogen (secondary N) is 1. The molecule has 4 heterocycles. The van der Waals surface area contributed by atoms with Gasteiger partial charge in [0.1, 0.15) is 11.2 Å². The van der Waals surface area contributed by atoms with Crippen LogP contribution >= 0.6 is 11.3 Å². The van der Waals surface area contributed by atoms with Crippen LogP contribution in [-0.4, -0.2) is 11.8 Å². The minimum atomic E-state index is -0.110. The number of hydrogen-bond donors (Lipinski definition) is 1. The predicted molar refractivity (Wildman–Crippen MR) is 294 cm³/mol. The molecule has 3 aromatic heterocycles. The minimum absolute atomic E-state index is 0.0617. The fourth-order valence-electron chi connectivity index (χ4n) is 12.8. The second kappa shape index (κ2) is 13.4. The molecule has 0 saturated heterocycles. The zero-order chi connectivity index (χ0) is 46.4. The Labute approximate surface area is 403 Å². The van der Waals surface area contributed by atoms with Crippen LogP contribution in [-0.2, 0) is 21.7 Å². The van der Waals surface area contributed by atoms with Crippen LogP contribution in [0.3, 0.4) is 0 Å². The largest absolute Gasteiger partial charge is 0.456 e. The molecule has 2 aliphatic carbocycles. The quantitative estimate of drug-likeness (QED) is 0.179. The number of anilines is 2. The van der Waals surface area contributed by atoms with Gasteiger partial charge in [-0.2, -0.15) is 0 Å². The first-order chi connectivity index (χ1) is 32.5. The van der Waals surface area contributed by atoms with E-state index < -0.39 is 0 Å². The maximum Gasteiger partial charge on any atom is 0.198 e. The summed E-state index contributed by atoms with van der Waals surface area (Å²) in [6.07, 6.45) is 2.33. The molecule has 0 unspecified atom stereocenters. The Morgan fingerprint density at radius 2 is 1.28 bits per heavy atom. The molecule has 0 radical (unpaired) electrons. The summed E-state index contributed by atoms with van der Waals surface area (Å²) in [6.45, 7) is 21.3. The van der Waals surface area contributed by atoms with Crippen molar-refractivity contribution in [2.75, 3.05) is 5.32 Å². The average Bonchev–Trinajstić information content (AvgIpc) is 4.02. The second-order valence-electron chi connectivity index (χ2n) is 23.3. The smallest absolute Gasteiger partial charge is 0.198 e. The van der Waals surface area contributed by atoms with Crippen molar-refractivity contribution in [2.24, 2.45) is 0 Å². The zero-order valence-electron chi connectivity index (χ0n) is 40.6. The van der Waals surface area contributed by atoms with Gasteiger partial charge in [0.2, 0.25) is 0 Å². The van der Waals surface area contributed by atoms with E-state index in [0.717, 1.165) is 36.2 Å². The summed E-state index contributed by atoms with van der Waals surface area (Å²) in [6, 6.07) is 51.5. The molecule has 0 spiro atoms. The number of thiophene rings is 1. The monoisotopic (exact) mass is 898 g/mol. The highest BCUT2D eigenvalue weighted by molar-refractivity contribution is 7.25. The van der Waals surface area contributed by atoms with Gasteiger partial charge in [-0.3, -0.25) is 0 Å². The lowest BCUT2D eigenvalue weighted by molar-refractivity contribution is 0.332. The number of aromatic nitrogens is 1. The number of furan rings is 1. The summed E-state index contributed by atoms with van der Waals surface area (Å²) in [5.41, 5.74) is 22.9. The first-order valence-corrected chi connectivity index (χ1v) is 25.5. The lowest BCUT2D eigenvalue weighted by Crippen LogP contribution is -2.37. The van der Waals surface area contributed by atoms with Crippen LogP contribution in [0.5, 0.6) is 0 Å². The van der Waals surface area contributed by atoms with Crippen molar-refractivity contribution in [2.45, 2.75) is 96.8 Å². The lowest BCUT2D eigenvalue weighted by atomic mass is 9.58. The zero-order valence-corrected chi connectivity index (χ0v) is 41.4. The van der Waals surface area contributed by atoms with Gasteiger partial charge in [0.25, 0.3) is 0 Å². The Kier molecular flexibility index (Phi) is 7.96. The van der Waals surface area contributed by atoms with E-state index in [0.29, 0.717) is 0 Å². The fourth-order valence-corrected chi connectivity index (χ4v) is 13.9. The maximum atomic E-state index is 6.96. The molecule has 3 aliphatic rings. The molecular formula is C63H55BN2OS. The van der Waals surface area contributed by atoms with Crippen LogP contribution in [0, 0.1) is 0 Å². The molecular weight excluding hydrogens is 844 g/mol.